The van der Waals surface area contributed by atoms with Crippen LogP contribution in [0.25, 0.3) is 0 Å². The third kappa shape index (κ3) is 5.63. The monoisotopic (exact) mass is 433 g/mol. The van der Waals surface area contributed by atoms with Crippen LogP contribution in [0.5, 0.6) is 0 Å². The molecule has 0 bridgehead atoms. The lowest BCUT2D eigenvalue weighted by Gasteiger charge is -2.41. The van der Waals surface area contributed by atoms with E-state index in [0.29, 0.717) is 26.2 Å². The fraction of sp³-hybridized carbons (Fsp3) is 0.600. The van der Waals surface area contributed by atoms with Crippen LogP contribution in [0.2, 0.25) is 0 Å². The molecular formula is C20H27ClF3N3O2. The first-order chi connectivity index (χ1) is 13.3. The Morgan fingerprint density at radius 1 is 1.28 bits per heavy atom. The second kappa shape index (κ2) is 9.80. The van der Waals surface area contributed by atoms with E-state index in [1.807, 2.05) is 4.90 Å². The molecule has 2 atom stereocenters. The van der Waals surface area contributed by atoms with E-state index in [9.17, 15) is 22.8 Å². The summed E-state index contributed by atoms with van der Waals surface area (Å²) in [7, 11) is 0. The zero-order chi connectivity index (χ0) is 20.3. The summed E-state index contributed by atoms with van der Waals surface area (Å²) >= 11 is 0. The van der Waals surface area contributed by atoms with Gasteiger partial charge in [-0.05, 0) is 30.4 Å². The molecular weight excluding hydrogens is 407 g/mol. The number of alkyl halides is 3. The zero-order valence-electron chi connectivity index (χ0n) is 16.4. The zero-order valence-corrected chi connectivity index (χ0v) is 17.2. The van der Waals surface area contributed by atoms with Crippen LogP contribution in [0.1, 0.15) is 43.2 Å². The van der Waals surface area contributed by atoms with E-state index < -0.39 is 17.7 Å². The fourth-order valence-electron chi connectivity index (χ4n) is 4.13. The first-order valence-corrected chi connectivity index (χ1v) is 9.71. The molecule has 29 heavy (non-hydrogen) atoms. The standard InChI is InChI=1S/C20H26F3N3O2.ClH/c1-14(16-6-2-3-7-17(16)20(21,22)23)11-18(27)25-9-4-5-15(13-25)26-10-8-24-12-19(26)28;/h2-3,6-7,14-15,24H,4-5,8-13H2,1H3;1H. The van der Waals surface area contributed by atoms with Crippen molar-refractivity contribution in [2.24, 2.45) is 0 Å². The molecule has 1 N–H and O–H groups in total. The van der Waals surface area contributed by atoms with Gasteiger partial charge >= 0.3 is 6.18 Å². The molecule has 1 aromatic rings. The topological polar surface area (TPSA) is 52.7 Å². The Balaban J connectivity index is 0.00000300. The van der Waals surface area contributed by atoms with Crippen LogP contribution < -0.4 is 5.32 Å². The highest BCUT2D eigenvalue weighted by molar-refractivity contribution is 5.85. The van der Waals surface area contributed by atoms with E-state index in [-0.39, 0.29) is 42.2 Å². The van der Waals surface area contributed by atoms with E-state index in [0.717, 1.165) is 25.5 Å². The normalized spacial score (nSPS) is 21.5. The van der Waals surface area contributed by atoms with E-state index in [4.69, 9.17) is 0 Å². The summed E-state index contributed by atoms with van der Waals surface area (Å²) in [6.07, 6.45) is -2.77. The van der Waals surface area contributed by atoms with Crippen LogP contribution in [0.3, 0.4) is 0 Å². The molecule has 0 radical (unpaired) electrons. The van der Waals surface area contributed by atoms with Crippen molar-refractivity contribution in [3.8, 4) is 0 Å². The average Bonchev–Trinajstić information content (AvgIpc) is 2.67. The van der Waals surface area contributed by atoms with Crippen LogP contribution in [0.4, 0.5) is 13.2 Å². The minimum atomic E-state index is -4.44. The van der Waals surface area contributed by atoms with Crippen molar-refractivity contribution < 1.29 is 22.8 Å². The predicted octanol–water partition coefficient (Wildman–Crippen LogP) is 3.04. The summed E-state index contributed by atoms with van der Waals surface area (Å²) in [6.45, 7) is 4.38. The molecule has 2 saturated heterocycles. The Morgan fingerprint density at radius 2 is 2.00 bits per heavy atom. The Morgan fingerprint density at radius 3 is 2.69 bits per heavy atom. The number of halogens is 4. The van der Waals surface area contributed by atoms with Gasteiger partial charge in [0.25, 0.3) is 0 Å². The van der Waals surface area contributed by atoms with Crippen LogP contribution in [-0.2, 0) is 15.8 Å². The first-order valence-electron chi connectivity index (χ1n) is 9.71. The van der Waals surface area contributed by atoms with Crippen LogP contribution >= 0.6 is 12.4 Å². The van der Waals surface area contributed by atoms with Crippen molar-refractivity contribution >= 4 is 24.2 Å². The smallest absolute Gasteiger partial charge is 0.341 e. The number of nitrogens with one attached hydrogen (secondary N) is 1. The summed E-state index contributed by atoms with van der Waals surface area (Å²) in [6, 6.07) is 5.42. The summed E-state index contributed by atoms with van der Waals surface area (Å²) in [5.41, 5.74) is -0.535. The maximum Gasteiger partial charge on any atom is 0.416 e. The van der Waals surface area contributed by atoms with E-state index in [2.05, 4.69) is 5.32 Å². The Kier molecular flexibility index (Phi) is 7.94. The number of carbonyl (C=O) groups is 2. The lowest BCUT2D eigenvalue weighted by Crippen LogP contribution is -2.57. The molecule has 5 nitrogen and oxygen atoms in total. The third-order valence-electron chi connectivity index (χ3n) is 5.59. The van der Waals surface area contributed by atoms with Gasteiger partial charge in [0.15, 0.2) is 0 Å². The minimum absolute atomic E-state index is 0. The first kappa shape index (κ1) is 23.5. The van der Waals surface area contributed by atoms with Gasteiger partial charge in [0.05, 0.1) is 12.1 Å². The van der Waals surface area contributed by atoms with E-state index in [1.54, 1.807) is 17.9 Å². The molecule has 9 heteroatoms. The molecule has 0 aromatic heterocycles. The lowest BCUT2D eigenvalue weighted by molar-refractivity contribution is -0.141. The number of hydrogen-bond acceptors (Lipinski definition) is 3. The Labute approximate surface area is 175 Å². The second-order valence-corrected chi connectivity index (χ2v) is 7.59. The summed E-state index contributed by atoms with van der Waals surface area (Å²) in [5.74, 6) is -0.652. The summed E-state index contributed by atoms with van der Waals surface area (Å²) in [4.78, 5) is 28.4. The quantitative estimate of drug-likeness (QED) is 0.794. The van der Waals surface area contributed by atoms with Gasteiger partial charge in [0, 0.05) is 38.6 Å². The molecule has 162 valence electrons. The molecule has 0 aliphatic carbocycles. The molecule has 2 aliphatic heterocycles. The van der Waals surface area contributed by atoms with Crippen molar-refractivity contribution in [2.75, 3.05) is 32.7 Å². The van der Waals surface area contributed by atoms with Gasteiger partial charge in [-0.25, -0.2) is 0 Å². The van der Waals surface area contributed by atoms with Gasteiger partial charge in [-0.2, -0.15) is 13.2 Å². The number of likely N-dealkylation sites (tertiary alicyclic amines) is 1. The SMILES string of the molecule is CC(CC(=O)N1CCCC(N2CCNCC2=O)C1)c1ccccc1C(F)(F)F.Cl. The fourth-order valence-corrected chi connectivity index (χ4v) is 4.13. The number of amides is 2. The summed E-state index contributed by atoms with van der Waals surface area (Å²) < 4.78 is 39.8. The maximum atomic E-state index is 13.3. The molecule has 1 aromatic carbocycles. The maximum absolute atomic E-state index is 13.3. The average molecular weight is 434 g/mol. The predicted molar refractivity (Wildman–Crippen MR) is 106 cm³/mol. The van der Waals surface area contributed by atoms with Gasteiger partial charge in [-0.15, -0.1) is 12.4 Å². The molecule has 2 fully saturated rings. The molecule has 3 rings (SSSR count). The number of nitrogens with zero attached hydrogens (tertiary/aromatic N) is 2. The third-order valence-corrected chi connectivity index (χ3v) is 5.59. The minimum Gasteiger partial charge on any atom is -0.341 e. The number of hydrogen-bond donors (Lipinski definition) is 1. The van der Waals surface area contributed by atoms with Crippen LogP contribution in [0, 0.1) is 0 Å². The molecule has 0 saturated carbocycles. The highest BCUT2D eigenvalue weighted by Crippen LogP contribution is 2.36. The highest BCUT2D eigenvalue weighted by atomic mass is 35.5. The molecule has 0 spiro atoms. The van der Waals surface area contributed by atoms with Gasteiger partial charge in [-0.3, -0.25) is 9.59 Å². The van der Waals surface area contributed by atoms with Gasteiger partial charge in [0.2, 0.25) is 11.8 Å². The second-order valence-electron chi connectivity index (χ2n) is 7.59. The molecule has 2 amide bonds. The summed E-state index contributed by atoms with van der Waals surface area (Å²) in [5, 5.41) is 3.04. The number of carbonyl (C=O) groups excluding carboxylic acids is 2. The van der Waals surface area contributed by atoms with Crippen LogP contribution in [0.15, 0.2) is 24.3 Å². The van der Waals surface area contributed by atoms with Crippen LogP contribution in [-0.4, -0.2) is 60.4 Å². The van der Waals surface area contributed by atoms with Crippen molar-refractivity contribution in [3.05, 3.63) is 35.4 Å². The molecule has 2 unspecified atom stereocenters. The number of rotatable bonds is 4. The van der Waals surface area contributed by atoms with Crippen molar-refractivity contribution in [3.63, 3.8) is 0 Å². The highest BCUT2D eigenvalue weighted by Gasteiger charge is 2.35. The van der Waals surface area contributed by atoms with E-state index >= 15 is 0 Å². The van der Waals surface area contributed by atoms with Gasteiger partial charge in [0.1, 0.15) is 0 Å². The molecule has 2 heterocycles. The Bertz CT molecular complexity index is 729. The Hall–Kier alpha value is -1.80. The van der Waals surface area contributed by atoms with Crippen molar-refractivity contribution in [1.82, 2.24) is 15.1 Å². The van der Waals surface area contributed by atoms with E-state index in [1.165, 1.54) is 12.1 Å². The number of piperidine rings is 1. The number of benzene rings is 1. The number of piperazine rings is 1. The van der Waals surface area contributed by atoms with Crippen molar-refractivity contribution in [1.29, 1.82) is 0 Å². The van der Waals surface area contributed by atoms with Gasteiger partial charge < -0.3 is 15.1 Å². The molecule has 2 aliphatic rings. The van der Waals surface area contributed by atoms with Gasteiger partial charge in [-0.1, -0.05) is 25.1 Å². The largest absolute Gasteiger partial charge is 0.416 e. The van der Waals surface area contributed by atoms with Crippen molar-refractivity contribution in [2.45, 2.75) is 44.3 Å². The lowest BCUT2D eigenvalue weighted by atomic mass is 9.92.